The lowest BCUT2D eigenvalue weighted by Gasteiger charge is -2.18. The van der Waals surface area contributed by atoms with Crippen LogP contribution in [0.5, 0.6) is 0 Å². The summed E-state index contributed by atoms with van der Waals surface area (Å²) in [6, 6.07) is 4.86. The number of benzene rings is 1. The molecule has 0 aromatic heterocycles. The standard InChI is InChI=1S/C13H20BrN3O2/c1-3-16(4-2)8-7-15-10-11-5-6-12(17(18)19)9-13(11)14/h5-6,9,15H,3-4,7-8,10H2,1-2H3. The van der Waals surface area contributed by atoms with Crippen LogP contribution in [-0.2, 0) is 6.54 Å². The fourth-order valence-corrected chi connectivity index (χ4v) is 2.30. The van der Waals surface area contributed by atoms with Gasteiger partial charge in [-0.3, -0.25) is 10.1 Å². The molecule has 106 valence electrons. The Labute approximate surface area is 122 Å². The monoisotopic (exact) mass is 329 g/mol. The molecule has 0 saturated carbocycles. The van der Waals surface area contributed by atoms with Gasteiger partial charge in [0.05, 0.1) is 4.92 Å². The highest BCUT2D eigenvalue weighted by molar-refractivity contribution is 9.10. The van der Waals surface area contributed by atoms with Crippen LogP contribution in [-0.4, -0.2) is 36.0 Å². The Morgan fingerprint density at radius 2 is 2.05 bits per heavy atom. The molecule has 19 heavy (non-hydrogen) atoms. The third-order valence-electron chi connectivity index (χ3n) is 3.06. The maximum Gasteiger partial charge on any atom is 0.270 e. The second kappa shape index (κ2) is 8.24. The van der Waals surface area contributed by atoms with Crippen molar-refractivity contribution in [3.05, 3.63) is 38.3 Å². The van der Waals surface area contributed by atoms with Crippen molar-refractivity contribution in [3.8, 4) is 0 Å². The van der Waals surface area contributed by atoms with Crippen molar-refractivity contribution in [1.82, 2.24) is 10.2 Å². The molecular weight excluding hydrogens is 310 g/mol. The number of halogens is 1. The fourth-order valence-electron chi connectivity index (χ4n) is 1.79. The van der Waals surface area contributed by atoms with Gasteiger partial charge in [0.2, 0.25) is 0 Å². The summed E-state index contributed by atoms with van der Waals surface area (Å²) >= 11 is 3.37. The zero-order chi connectivity index (χ0) is 14.3. The molecule has 1 N–H and O–H groups in total. The van der Waals surface area contributed by atoms with E-state index in [0.29, 0.717) is 6.54 Å². The lowest BCUT2D eigenvalue weighted by molar-refractivity contribution is -0.384. The summed E-state index contributed by atoms with van der Waals surface area (Å²) in [5.74, 6) is 0. The second-order valence-corrected chi connectivity index (χ2v) is 5.09. The second-order valence-electron chi connectivity index (χ2n) is 4.24. The summed E-state index contributed by atoms with van der Waals surface area (Å²) in [6.45, 7) is 9.04. The largest absolute Gasteiger partial charge is 0.311 e. The maximum atomic E-state index is 10.6. The van der Waals surface area contributed by atoms with E-state index in [4.69, 9.17) is 0 Å². The maximum absolute atomic E-state index is 10.6. The van der Waals surface area contributed by atoms with Crippen LogP contribution in [0.3, 0.4) is 0 Å². The fraction of sp³-hybridized carbons (Fsp3) is 0.538. The predicted octanol–water partition coefficient (Wildman–Crippen LogP) is 2.79. The molecule has 0 fully saturated rings. The van der Waals surface area contributed by atoms with Crippen molar-refractivity contribution in [2.75, 3.05) is 26.2 Å². The van der Waals surface area contributed by atoms with Crippen LogP contribution in [0.25, 0.3) is 0 Å². The van der Waals surface area contributed by atoms with Gasteiger partial charge in [-0.2, -0.15) is 0 Å². The number of nitro benzene ring substituents is 1. The highest BCUT2D eigenvalue weighted by Crippen LogP contribution is 2.22. The van der Waals surface area contributed by atoms with Crippen molar-refractivity contribution in [3.63, 3.8) is 0 Å². The van der Waals surface area contributed by atoms with Crippen molar-refractivity contribution in [2.24, 2.45) is 0 Å². The molecule has 0 radical (unpaired) electrons. The van der Waals surface area contributed by atoms with Crippen LogP contribution in [0.15, 0.2) is 22.7 Å². The molecule has 0 amide bonds. The van der Waals surface area contributed by atoms with Gasteiger partial charge >= 0.3 is 0 Å². The molecular formula is C13H20BrN3O2. The first kappa shape index (κ1) is 16.1. The molecule has 6 heteroatoms. The third-order valence-corrected chi connectivity index (χ3v) is 3.80. The zero-order valence-electron chi connectivity index (χ0n) is 11.4. The Kier molecular flexibility index (Phi) is 6.97. The van der Waals surface area contributed by atoms with E-state index in [1.807, 2.05) is 0 Å². The van der Waals surface area contributed by atoms with Crippen molar-refractivity contribution < 1.29 is 4.92 Å². The van der Waals surface area contributed by atoms with E-state index in [0.717, 1.165) is 36.2 Å². The van der Waals surface area contributed by atoms with Gasteiger partial charge in [0.1, 0.15) is 0 Å². The molecule has 0 aliphatic carbocycles. The first-order chi connectivity index (χ1) is 9.08. The average Bonchev–Trinajstić information content (AvgIpc) is 2.40. The van der Waals surface area contributed by atoms with Crippen molar-refractivity contribution in [2.45, 2.75) is 20.4 Å². The molecule has 0 aliphatic rings. The molecule has 0 atom stereocenters. The van der Waals surface area contributed by atoms with E-state index in [2.05, 4.69) is 40.0 Å². The van der Waals surface area contributed by atoms with Gasteiger partial charge in [0.25, 0.3) is 5.69 Å². The normalized spacial score (nSPS) is 10.9. The minimum Gasteiger partial charge on any atom is -0.311 e. The number of nitrogens with zero attached hydrogens (tertiary/aromatic N) is 2. The van der Waals surface area contributed by atoms with Gasteiger partial charge in [-0.05, 0) is 24.7 Å². The van der Waals surface area contributed by atoms with Crippen molar-refractivity contribution >= 4 is 21.6 Å². The van der Waals surface area contributed by atoms with Crippen LogP contribution >= 0.6 is 15.9 Å². The molecule has 0 aliphatic heterocycles. The number of rotatable bonds is 8. The lowest BCUT2D eigenvalue weighted by atomic mass is 10.2. The number of hydrogen-bond donors (Lipinski definition) is 1. The van der Waals surface area contributed by atoms with E-state index in [9.17, 15) is 10.1 Å². The molecule has 1 rings (SSSR count). The van der Waals surface area contributed by atoms with E-state index in [1.54, 1.807) is 12.1 Å². The Morgan fingerprint density at radius 3 is 2.58 bits per heavy atom. The number of likely N-dealkylation sites (N-methyl/N-ethyl adjacent to an activating group) is 1. The quantitative estimate of drug-likeness (QED) is 0.452. The Morgan fingerprint density at radius 1 is 1.37 bits per heavy atom. The first-order valence-electron chi connectivity index (χ1n) is 6.44. The van der Waals surface area contributed by atoms with Crippen LogP contribution < -0.4 is 5.32 Å². The van der Waals surface area contributed by atoms with E-state index in [-0.39, 0.29) is 10.6 Å². The van der Waals surface area contributed by atoms with Crippen molar-refractivity contribution in [1.29, 1.82) is 0 Å². The Hall–Kier alpha value is -0.980. The highest BCUT2D eigenvalue weighted by atomic mass is 79.9. The SMILES string of the molecule is CCN(CC)CCNCc1ccc([N+](=O)[O-])cc1Br. The molecule has 0 bridgehead atoms. The smallest absolute Gasteiger partial charge is 0.270 e. The number of nitro groups is 1. The molecule has 1 aromatic carbocycles. The predicted molar refractivity (Wildman–Crippen MR) is 80.3 cm³/mol. The summed E-state index contributed by atoms with van der Waals surface area (Å²) in [7, 11) is 0. The molecule has 5 nitrogen and oxygen atoms in total. The summed E-state index contributed by atoms with van der Waals surface area (Å²) in [6.07, 6.45) is 0. The van der Waals surface area contributed by atoms with Gasteiger partial charge in [0.15, 0.2) is 0 Å². The molecule has 0 unspecified atom stereocenters. The van der Waals surface area contributed by atoms with Crippen LogP contribution in [0.1, 0.15) is 19.4 Å². The van der Waals surface area contributed by atoms with E-state index < -0.39 is 0 Å². The highest BCUT2D eigenvalue weighted by Gasteiger charge is 2.08. The number of non-ortho nitro benzene ring substituents is 1. The number of hydrogen-bond acceptors (Lipinski definition) is 4. The van der Waals surface area contributed by atoms with Gasteiger partial charge in [0, 0.05) is 36.2 Å². The molecule has 0 heterocycles. The zero-order valence-corrected chi connectivity index (χ0v) is 12.9. The summed E-state index contributed by atoms with van der Waals surface area (Å²) in [5.41, 5.74) is 1.14. The van der Waals surface area contributed by atoms with Crippen LogP contribution in [0, 0.1) is 10.1 Å². The Balaban J connectivity index is 2.43. The topological polar surface area (TPSA) is 58.4 Å². The third kappa shape index (κ3) is 5.26. The molecule has 0 spiro atoms. The lowest BCUT2D eigenvalue weighted by Crippen LogP contribution is -2.31. The van der Waals surface area contributed by atoms with E-state index >= 15 is 0 Å². The summed E-state index contributed by atoms with van der Waals surface area (Å²) in [4.78, 5) is 12.6. The van der Waals surface area contributed by atoms with Gasteiger partial charge < -0.3 is 10.2 Å². The summed E-state index contributed by atoms with van der Waals surface area (Å²) < 4.78 is 0.775. The minimum absolute atomic E-state index is 0.110. The number of nitrogens with one attached hydrogen (secondary N) is 1. The Bertz CT molecular complexity index is 422. The van der Waals surface area contributed by atoms with Gasteiger partial charge in [-0.15, -0.1) is 0 Å². The van der Waals surface area contributed by atoms with Crippen LogP contribution in [0.2, 0.25) is 0 Å². The van der Waals surface area contributed by atoms with E-state index in [1.165, 1.54) is 6.07 Å². The minimum atomic E-state index is -0.387. The van der Waals surface area contributed by atoms with Gasteiger partial charge in [-0.25, -0.2) is 0 Å². The first-order valence-corrected chi connectivity index (χ1v) is 7.23. The van der Waals surface area contributed by atoms with Gasteiger partial charge in [-0.1, -0.05) is 29.8 Å². The molecule has 0 saturated heterocycles. The van der Waals surface area contributed by atoms with Crippen LogP contribution in [0.4, 0.5) is 5.69 Å². The molecule has 1 aromatic rings. The average molecular weight is 330 g/mol. The summed E-state index contributed by atoms with van der Waals surface area (Å²) in [5, 5.41) is 14.0.